The summed E-state index contributed by atoms with van der Waals surface area (Å²) in [5, 5.41) is 3.13. The number of nitrogens with zero attached hydrogens (tertiary/aromatic N) is 1. The fourth-order valence-corrected chi connectivity index (χ4v) is 6.02. The lowest BCUT2D eigenvalue weighted by Gasteiger charge is -2.24. The van der Waals surface area contributed by atoms with Gasteiger partial charge >= 0.3 is 5.97 Å². The number of benzene rings is 1. The van der Waals surface area contributed by atoms with E-state index in [9.17, 15) is 9.59 Å². The predicted octanol–water partition coefficient (Wildman–Crippen LogP) is 10.9. The first-order valence-electron chi connectivity index (χ1n) is 18.0. The van der Waals surface area contributed by atoms with Gasteiger partial charge in [-0.1, -0.05) is 135 Å². The van der Waals surface area contributed by atoms with Crippen LogP contribution in [0.1, 0.15) is 160 Å². The molecule has 44 heavy (non-hydrogen) atoms. The Labute approximate surface area is 280 Å². The van der Waals surface area contributed by atoms with Gasteiger partial charge in [0.25, 0.3) is 0 Å². The number of hydrogen-bond acceptors (Lipinski definition) is 4. The molecule has 0 bridgehead atoms. The van der Waals surface area contributed by atoms with Crippen molar-refractivity contribution in [3.8, 4) is 0 Å². The lowest BCUT2D eigenvalue weighted by Crippen LogP contribution is -2.31. The summed E-state index contributed by atoms with van der Waals surface area (Å²) in [5.41, 5.74) is 1.93. The highest BCUT2D eigenvalue weighted by atomic mass is 35.5. The van der Waals surface area contributed by atoms with Gasteiger partial charge in [0.05, 0.1) is 19.1 Å². The van der Waals surface area contributed by atoms with Gasteiger partial charge in [-0.25, -0.2) is 0 Å². The molecular weight excluding hydrogens is 591 g/mol. The summed E-state index contributed by atoms with van der Waals surface area (Å²) in [4.78, 5) is 27.7. The molecule has 1 amide bonds. The number of alkyl halides is 2. The minimum absolute atomic E-state index is 0.00424. The van der Waals surface area contributed by atoms with Gasteiger partial charge in [-0.3, -0.25) is 9.59 Å². The van der Waals surface area contributed by atoms with Crippen LogP contribution >= 0.6 is 23.2 Å². The second-order valence-electron chi connectivity index (χ2n) is 12.3. The average molecular weight is 656 g/mol. The topological polar surface area (TPSA) is 58.6 Å². The Bertz CT molecular complexity index is 815. The summed E-state index contributed by atoms with van der Waals surface area (Å²) in [6.07, 6.45) is 24.3. The van der Waals surface area contributed by atoms with E-state index in [2.05, 4.69) is 24.1 Å². The molecule has 1 rings (SSSR count). The van der Waals surface area contributed by atoms with E-state index in [1.54, 1.807) is 0 Å². The molecule has 1 atom stereocenters. The van der Waals surface area contributed by atoms with Crippen molar-refractivity contribution in [1.29, 1.82) is 0 Å². The largest absolute Gasteiger partial charge is 0.466 e. The Morgan fingerprint density at radius 3 is 1.61 bits per heavy atom. The first kappa shape index (κ1) is 40.6. The van der Waals surface area contributed by atoms with E-state index in [-0.39, 0.29) is 18.3 Å². The highest BCUT2D eigenvalue weighted by Gasteiger charge is 2.20. The molecule has 0 saturated carbocycles. The van der Waals surface area contributed by atoms with Crippen LogP contribution in [-0.4, -0.2) is 43.3 Å². The van der Waals surface area contributed by atoms with E-state index in [0.717, 1.165) is 49.8 Å². The van der Waals surface area contributed by atoms with Gasteiger partial charge in [-0.15, -0.1) is 23.2 Å². The lowest BCUT2D eigenvalue weighted by atomic mass is 10.0. The van der Waals surface area contributed by atoms with Crippen molar-refractivity contribution in [2.75, 3.05) is 36.4 Å². The van der Waals surface area contributed by atoms with Gasteiger partial charge in [0.15, 0.2) is 0 Å². The van der Waals surface area contributed by atoms with Crippen molar-refractivity contribution < 1.29 is 14.3 Å². The van der Waals surface area contributed by atoms with Gasteiger partial charge in [0, 0.05) is 37.0 Å². The molecule has 0 heterocycles. The van der Waals surface area contributed by atoms with Crippen molar-refractivity contribution in [2.24, 2.45) is 0 Å². The number of carbonyl (C=O) groups is 2. The van der Waals surface area contributed by atoms with Crippen LogP contribution in [0, 0.1) is 0 Å². The van der Waals surface area contributed by atoms with Crippen molar-refractivity contribution >= 4 is 40.8 Å². The number of ether oxygens (including phenoxy) is 1. The molecule has 0 aromatic heterocycles. The normalized spacial score (nSPS) is 11.8. The molecular formula is C37H64Cl2N2O3. The minimum Gasteiger partial charge on any atom is -0.466 e. The third-order valence-electron chi connectivity index (χ3n) is 8.34. The molecule has 1 aromatic rings. The average Bonchev–Trinajstić information content (AvgIpc) is 3.02. The first-order valence-corrected chi connectivity index (χ1v) is 19.0. The maximum Gasteiger partial charge on any atom is 0.308 e. The molecule has 7 heteroatoms. The van der Waals surface area contributed by atoms with Gasteiger partial charge in [-0.2, -0.15) is 0 Å². The van der Waals surface area contributed by atoms with Crippen LogP contribution in [-0.2, 0) is 14.3 Å². The number of carbonyl (C=O) groups excluding carboxylic acids is 2. The standard InChI is InChI=1S/C37H64Cl2N2O3/c1-3-5-7-9-10-11-12-13-14-15-16-17-18-19-20-22-36(42)40-35(32-37(43)44-31-21-8-6-4-2)33-23-25-34(26-24-33)41(29-27-38)30-28-39/h23-26,35H,3-22,27-32H2,1-2H3,(H,40,42)/t35-/m0/s1. The molecule has 0 radical (unpaired) electrons. The Morgan fingerprint density at radius 2 is 1.14 bits per heavy atom. The van der Waals surface area contributed by atoms with Crippen LogP contribution in [0.4, 0.5) is 5.69 Å². The summed E-state index contributed by atoms with van der Waals surface area (Å²) in [7, 11) is 0. The molecule has 0 unspecified atom stereocenters. The number of rotatable bonds is 30. The molecule has 0 spiro atoms. The van der Waals surface area contributed by atoms with E-state index in [0.29, 0.717) is 37.9 Å². The van der Waals surface area contributed by atoms with Crippen molar-refractivity contribution in [3.63, 3.8) is 0 Å². The minimum atomic E-state index is -0.412. The van der Waals surface area contributed by atoms with Gasteiger partial charge in [0.2, 0.25) is 5.91 Å². The second kappa shape index (κ2) is 29.0. The molecule has 0 aliphatic heterocycles. The number of hydrogen-bond donors (Lipinski definition) is 1. The maximum absolute atomic E-state index is 12.9. The Balaban J connectivity index is 2.44. The van der Waals surface area contributed by atoms with Gasteiger partial charge in [-0.05, 0) is 30.5 Å². The Morgan fingerprint density at radius 1 is 0.682 bits per heavy atom. The van der Waals surface area contributed by atoms with E-state index in [1.165, 1.54) is 83.5 Å². The highest BCUT2D eigenvalue weighted by Crippen LogP contribution is 2.23. The highest BCUT2D eigenvalue weighted by molar-refractivity contribution is 6.18. The first-order chi connectivity index (χ1) is 21.5. The fourth-order valence-electron chi connectivity index (χ4n) is 5.61. The SMILES string of the molecule is CCCCCCCCCCCCCCCCCC(=O)N[C@@H](CC(=O)OCCCCCC)c1ccc(N(CCCl)CCCl)cc1. The van der Waals surface area contributed by atoms with Gasteiger partial charge in [0.1, 0.15) is 0 Å². The third kappa shape index (κ3) is 21.3. The van der Waals surface area contributed by atoms with Crippen molar-refractivity contribution in [3.05, 3.63) is 29.8 Å². The quantitative estimate of drug-likeness (QED) is 0.0509. The zero-order chi connectivity index (χ0) is 32.1. The maximum atomic E-state index is 12.9. The molecule has 0 aliphatic carbocycles. The van der Waals surface area contributed by atoms with Crippen LogP contribution < -0.4 is 10.2 Å². The number of halogens is 2. The summed E-state index contributed by atoms with van der Waals surface area (Å²) in [5.74, 6) is 0.755. The molecule has 1 N–H and O–H groups in total. The van der Waals surface area contributed by atoms with Crippen LogP contribution in [0.2, 0.25) is 0 Å². The van der Waals surface area contributed by atoms with Gasteiger partial charge < -0.3 is 15.0 Å². The van der Waals surface area contributed by atoms with Crippen LogP contribution in [0.25, 0.3) is 0 Å². The Kier molecular flexibility index (Phi) is 26.7. The molecule has 0 fully saturated rings. The third-order valence-corrected chi connectivity index (χ3v) is 8.68. The number of amides is 1. The smallest absolute Gasteiger partial charge is 0.308 e. The van der Waals surface area contributed by atoms with E-state index >= 15 is 0 Å². The summed E-state index contributed by atoms with van der Waals surface area (Å²) in [6, 6.07) is 7.58. The number of anilines is 1. The van der Waals surface area contributed by atoms with E-state index in [4.69, 9.17) is 27.9 Å². The molecule has 0 saturated heterocycles. The molecule has 1 aromatic carbocycles. The number of esters is 1. The summed E-state index contributed by atoms with van der Waals surface area (Å²) >= 11 is 12.0. The number of nitrogens with one attached hydrogen (secondary N) is 1. The van der Waals surface area contributed by atoms with E-state index < -0.39 is 6.04 Å². The van der Waals surface area contributed by atoms with Crippen LogP contribution in [0.5, 0.6) is 0 Å². The predicted molar refractivity (Wildman–Crippen MR) is 190 cm³/mol. The molecule has 5 nitrogen and oxygen atoms in total. The van der Waals surface area contributed by atoms with E-state index in [1.807, 2.05) is 24.3 Å². The molecule has 0 aliphatic rings. The fraction of sp³-hybridized carbons (Fsp3) is 0.784. The monoisotopic (exact) mass is 654 g/mol. The van der Waals surface area contributed by atoms with Crippen LogP contribution in [0.15, 0.2) is 24.3 Å². The zero-order valence-corrected chi connectivity index (χ0v) is 29.7. The molecule has 254 valence electrons. The summed E-state index contributed by atoms with van der Waals surface area (Å²) < 4.78 is 5.51. The Hall–Kier alpha value is -1.46. The van der Waals surface area contributed by atoms with Crippen molar-refractivity contribution in [1.82, 2.24) is 5.32 Å². The lowest BCUT2D eigenvalue weighted by molar-refractivity contribution is -0.144. The van der Waals surface area contributed by atoms with Crippen LogP contribution in [0.3, 0.4) is 0 Å². The second-order valence-corrected chi connectivity index (χ2v) is 13.0. The summed E-state index contributed by atoms with van der Waals surface area (Å²) in [6.45, 7) is 6.28. The van der Waals surface area contributed by atoms with Crippen molar-refractivity contribution in [2.45, 2.75) is 155 Å². The number of unbranched alkanes of at least 4 members (excludes halogenated alkanes) is 17. The zero-order valence-electron chi connectivity index (χ0n) is 28.2.